The van der Waals surface area contributed by atoms with Gasteiger partial charge in [0.1, 0.15) is 17.3 Å². The molecule has 192 valence electrons. The van der Waals surface area contributed by atoms with Gasteiger partial charge in [-0.1, -0.05) is 58.8 Å². The van der Waals surface area contributed by atoms with Gasteiger partial charge in [0.05, 0.1) is 12.2 Å². The Hall–Kier alpha value is -3.28. The molecular weight excluding hydrogens is 455 g/mol. The van der Waals surface area contributed by atoms with Crippen LogP contribution in [0.25, 0.3) is 11.4 Å². The summed E-state index contributed by atoms with van der Waals surface area (Å²) in [5.74, 6) is -0.0734. The average Bonchev–Trinajstić information content (AvgIpc) is 2.89. The molecule has 36 heavy (non-hydrogen) atoms. The van der Waals surface area contributed by atoms with Crippen LogP contribution in [0.1, 0.15) is 87.6 Å². The Balaban J connectivity index is 1.49. The number of halogens is 1. The van der Waals surface area contributed by atoms with E-state index in [9.17, 15) is 9.18 Å². The zero-order valence-electron chi connectivity index (χ0n) is 21.5. The molecule has 0 aliphatic rings. The number of aryl methyl sites for hydroxylation is 1. The van der Waals surface area contributed by atoms with Crippen LogP contribution in [0.15, 0.2) is 54.9 Å². The molecule has 0 saturated heterocycles. The lowest BCUT2D eigenvalue weighted by atomic mass is 10.1. The smallest absolute Gasteiger partial charge is 0.346 e. The van der Waals surface area contributed by atoms with Gasteiger partial charge in [-0.15, -0.1) is 0 Å². The number of ether oxygens (including phenoxy) is 2. The highest BCUT2D eigenvalue weighted by Crippen LogP contribution is 2.22. The number of aromatic nitrogens is 2. The average molecular weight is 493 g/mol. The van der Waals surface area contributed by atoms with Crippen molar-refractivity contribution in [1.82, 2.24) is 9.97 Å². The standard InChI is InChI=1S/C30H37FN2O3/c1-3-5-7-8-9-11-19-35-26-17-18-27(28(31)20-26)30(34)36-25-15-13-24(14-16-25)29-32-21-23(22-33-29)12-10-6-4-2/h13-18,20-22H,3-12,19H2,1-2H3. The van der Waals surface area contributed by atoms with Crippen LogP contribution in [0.4, 0.5) is 4.39 Å². The van der Waals surface area contributed by atoms with Crippen LogP contribution < -0.4 is 9.47 Å². The van der Waals surface area contributed by atoms with E-state index in [1.54, 1.807) is 30.3 Å². The Labute approximate surface area is 214 Å². The van der Waals surface area contributed by atoms with Gasteiger partial charge in [0, 0.05) is 24.0 Å². The molecular formula is C30H37FN2O3. The second kappa shape index (κ2) is 15.0. The van der Waals surface area contributed by atoms with Gasteiger partial charge in [-0.2, -0.15) is 0 Å². The summed E-state index contributed by atoms with van der Waals surface area (Å²) in [5, 5.41) is 0. The summed E-state index contributed by atoms with van der Waals surface area (Å²) in [4.78, 5) is 21.4. The first-order valence-electron chi connectivity index (χ1n) is 13.2. The Morgan fingerprint density at radius 1 is 0.806 bits per heavy atom. The minimum atomic E-state index is -0.754. The summed E-state index contributed by atoms with van der Waals surface area (Å²) in [6.45, 7) is 4.91. The van der Waals surface area contributed by atoms with Gasteiger partial charge < -0.3 is 9.47 Å². The number of benzene rings is 2. The molecule has 1 aromatic heterocycles. The molecule has 0 aliphatic heterocycles. The molecule has 0 amide bonds. The van der Waals surface area contributed by atoms with E-state index >= 15 is 0 Å². The fraction of sp³-hybridized carbons (Fsp3) is 0.433. The van der Waals surface area contributed by atoms with Crippen LogP contribution in [-0.2, 0) is 6.42 Å². The summed E-state index contributed by atoms with van der Waals surface area (Å²) in [6.07, 6.45) is 15.1. The van der Waals surface area contributed by atoms with Crippen LogP contribution >= 0.6 is 0 Å². The van der Waals surface area contributed by atoms with Gasteiger partial charge >= 0.3 is 5.97 Å². The normalized spacial score (nSPS) is 10.9. The van der Waals surface area contributed by atoms with E-state index in [1.807, 2.05) is 12.4 Å². The van der Waals surface area contributed by atoms with Crippen molar-refractivity contribution in [3.63, 3.8) is 0 Å². The summed E-state index contributed by atoms with van der Waals surface area (Å²) < 4.78 is 25.5. The highest BCUT2D eigenvalue weighted by Gasteiger charge is 2.15. The highest BCUT2D eigenvalue weighted by atomic mass is 19.1. The first-order valence-corrected chi connectivity index (χ1v) is 13.2. The van der Waals surface area contributed by atoms with Gasteiger partial charge in [-0.3, -0.25) is 0 Å². The largest absolute Gasteiger partial charge is 0.493 e. The van der Waals surface area contributed by atoms with Crippen molar-refractivity contribution in [2.75, 3.05) is 6.61 Å². The SMILES string of the molecule is CCCCCCCCOc1ccc(C(=O)Oc2ccc(-c3ncc(CCCCC)cn3)cc2)c(F)c1. The molecule has 0 fully saturated rings. The van der Waals surface area contributed by atoms with Crippen molar-refractivity contribution < 1.29 is 18.7 Å². The van der Waals surface area contributed by atoms with Crippen LogP contribution in [0.5, 0.6) is 11.5 Å². The van der Waals surface area contributed by atoms with Crippen molar-refractivity contribution in [2.45, 2.75) is 78.1 Å². The lowest BCUT2D eigenvalue weighted by Gasteiger charge is -2.09. The molecule has 0 aliphatic carbocycles. The molecule has 3 aromatic rings. The van der Waals surface area contributed by atoms with E-state index < -0.39 is 11.8 Å². The maximum absolute atomic E-state index is 14.5. The number of hydrogen-bond acceptors (Lipinski definition) is 5. The van der Waals surface area contributed by atoms with E-state index in [1.165, 1.54) is 50.7 Å². The minimum Gasteiger partial charge on any atom is -0.493 e. The molecule has 0 bridgehead atoms. The fourth-order valence-electron chi connectivity index (χ4n) is 3.87. The molecule has 3 rings (SSSR count). The number of hydrogen-bond donors (Lipinski definition) is 0. The first kappa shape index (κ1) is 27.3. The van der Waals surface area contributed by atoms with Crippen molar-refractivity contribution in [3.05, 3.63) is 71.8 Å². The van der Waals surface area contributed by atoms with Crippen molar-refractivity contribution in [1.29, 1.82) is 0 Å². The van der Waals surface area contributed by atoms with Gasteiger partial charge in [0.2, 0.25) is 0 Å². The topological polar surface area (TPSA) is 61.3 Å². The molecule has 6 heteroatoms. The lowest BCUT2D eigenvalue weighted by molar-refractivity contribution is 0.0730. The highest BCUT2D eigenvalue weighted by molar-refractivity contribution is 5.91. The van der Waals surface area contributed by atoms with E-state index in [2.05, 4.69) is 23.8 Å². The molecule has 0 radical (unpaired) electrons. The third kappa shape index (κ3) is 8.74. The second-order valence-electron chi connectivity index (χ2n) is 9.04. The minimum absolute atomic E-state index is 0.131. The molecule has 1 heterocycles. The number of unbranched alkanes of at least 4 members (excludes halogenated alkanes) is 7. The Morgan fingerprint density at radius 2 is 1.44 bits per heavy atom. The van der Waals surface area contributed by atoms with Crippen LogP contribution in [0, 0.1) is 5.82 Å². The predicted molar refractivity (Wildman–Crippen MR) is 141 cm³/mol. The predicted octanol–water partition coefficient (Wildman–Crippen LogP) is 7.97. The zero-order valence-corrected chi connectivity index (χ0v) is 21.5. The number of esters is 1. The van der Waals surface area contributed by atoms with Crippen molar-refractivity contribution in [3.8, 4) is 22.9 Å². The second-order valence-corrected chi connectivity index (χ2v) is 9.04. The molecule has 2 aromatic carbocycles. The lowest BCUT2D eigenvalue weighted by Crippen LogP contribution is -2.11. The monoisotopic (exact) mass is 492 g/mol. The number of carbonyl (C=O) groups is 1. The molecule has 0 saturated carbocycles. The Bertz CT molecular complexity index is 1070. The number of rotatable bonds is 15. The third-order valence-corrected chi connectivity index (χ3v) is 6.02. The van der Waals surface area contributed by atoms with Crippen LogP contribution in [0.2, 0.25) is 0 Å². The summed E-state index contributed by atoms with van der Waals surface area (Å²) >= 11 is 0. The quantitative estimate of drug-likeness (QED) is 0.122. The van der Waals surface area contributed by atoms with Gasteiger partial charge in [0.15, 0.2) is 5.82 Å². The maximum Gasteiger partial charge on any atom is 0.346 e. The molecule has 0 unspecified atom stereocenters. The summed E-state index contributed by atoms with van der Waals surface area (Å²) in [6, 6.07) is 11.1. The maximum atomic E-state index is 14.5. The van der Waals surface area contributed by atoms with Gasteiger partial charge in [0.25, 0.3) is 0 Å². The van der Waals surface area contributed by atoms with Crippen LogP contribution in [-0.4, -0.2) is 22.5 Å². The van der Waals surface area contributed by atoms with E-state index in [4.69, 9.17) is 9.47 Å². The van der Waals surface area contributed by atoms with Crippen LogP contribution in [0.3, 0.4) is 0 Å². The first-order chi connectivity index (χ1) is 17.6. The fourth-order valence-corrected chi connectivity index (χ4v) is 3.87. The van der Waals surface area contributed by atoms with Gasteiger partial charge in [-0.25, -0.2) is 19.2 Å². The molecule has 0 N–H and O–H groups in total. The van der Waals surface area contributed by atoms with Crippen molar-refractivity contribution in [2.24, 2.45) is 0 Å². The summed E-state index contributed by atoms with van der Waals surface area (Å²) in [7, 11) is 0. The number of carbonyl (C=O) groups excluding carboxylic acids is 1. The zero-order chi connectivity index (χ0) is 25.6. The number of nitrogens with zero attached hydrogens (tertiary/aromatic N) is 2. The molecule has 5 nitrogen and oxygen atoms in total. The van der Waals surface area contributed by atoms with Gasteiger partial charge in [-0.05, 0) is 61.2 Å². The third-order valence-electron chi connectivity index (χ3n) is 6.02. The van der Waals surface area contributed by atoms with E-state index in [0.717, 1.165) is 36.8 Å². The Kier molecular flexibility index (Phi) is 11.4. The molecule has 0 spiro atoms. The van der Waals surface area contributed by atoms with E-state index in [-0.39, 0.29) is 5.56 Å². The molecule has 0 atom stereocenters. The Morgan fingerprint density at radius 3 is 2.14 bits per heavy atom. The summed E-state index contributed by atoms with van der Waals surface area (Å²) in [5.41, 5.74) is 1.81. The van der Waals surface area contributed by atoms with E-state index in [0.29, 0.717) is 23.9 Å². The van der Waals surface area contributed by atoms with Crippen molar-refractivity contribution >= 4 is 5.97 Å².